The maximum atomic E-state index is 12.4. The quantitative estimate of drug-likeness (QED) is 0.766. The Morgan fingerprint density at radius 1 is 1.27 bits per heavy atom. The number of oxazole rings is 1. The largest absolute Gasteiger partial charge is 0.464 e. The van der Waals surface area contributed by atoms with Gasteiger partial charge in [-0.3, -0.25) is 9.36 Å². The summed E-state index contributed by atoms with van der Waals surface area (Å²) in [6.07, 6.45) is 3.74. The van der Waals surface area contributed by atoms with Gasteiger partial charge in [0.05, 0.1) is 12.1 Å². The number of amides is 1. The van der Waals surface area contributed by atoms with Crippen molar-refractivity contribution in [3.05, 3.63) is 34.8 Å². The fraction of sp³-hybridized carbons (Fsp3) is 0.526. The average molecular weight is 360 g/mol. The Labute approximate surface area is 151 Å². The number of ether oxygens (including phenoxy) is 1. The van der Waals surface area contributed by atoms with Crippen LogP contribution in [0, 0.1) is 0 Å². The molecule has 0 aliphatic heterocycles. The Bertz CT molecular complexity index is 845. The number of aromatic nitrogens is 1. The second-order valence-corrected chi connectivity index (χ2v) is 6.65. The Morgan fingerprint density at radius 3 is 2.73 bits per heavy atom. The van der Waals surface area contributed by atoms with Crippen LogP contribution in [0.3, 0.4) is 0 Å². The van der Waals surface area contributed by atoms with Crippen molar-refractivity contribution in [1.82, 2.24) is 9.88 Å². The molecule has 7 heteroatoms. The molecule has 1 N–H and O–H groups in total. The molecule has 7 nitrogen and oxygen atoms in total. The Hall–Kier alpha value is -2.57. The first kappa shape index (κ1) is 18.2. The number of nitrogens with one attached hydrogen (secondary N) is 1. The molecule has 0 spiro atoms. The zero-order chi connectivity index (χ0) is 18.6. The van der Waals surface area contributed by atoms with Crippen molar-refractivity contribution >= 4 is 23.0 Å². The van der Waals surface area contributed by atoms with Crippen LogP contribution in [-0.4, -0.2) is 28.6 Å². The number of para-hydroxylation sites is 2. The van der Waals surface area contributed by atoms with Crippen LogP contribution in [0.2, 0.25) is 0 Å². The highest BCUT2D eigenvalue weighted by molar-refractivity contribution is 5.88. The van der Waals surface area contributed by atoms with Crippen LogP contribution < -0.4 is 11.1 Å². The van der Waals surface area contributed by atoms with E-state index in [0.29, 0.717) is 38.0 Å². The van der Waals surface area contributed by atoms with Gasteiger partial charge in [0, 0.05) is 13.0 Å². The van der Waals surface area contributed by atoms with E-state index >= 15 is 0 Å². The van der Waals surface area contributed by atoms with Gasteiger partial charge in [0.25, 0.3) is 0 Å². The fourth-order valence-corrected chi connectivity index (χ4v) is 3.58. The summed E-state index contributed by atoms with van der Waals surface area (Å²) in [5, 5.41) is 2.88. The van der Waals surface area contributed by atoms with E-state index in [0.717, 1.165) is 18.4 Å². The molecular formula is C19H24N2O5. The van der Waals surface area contributed by atoms with E-state index < -0.39 is 11.3 Å². The lowest BCUT2D eigenvalue weighted by molar-refractivity contribution is -0.153. The summed E-state index contributed by atoms with van der Waals surface area (Å²) >= 11 is 0. The number of carbonyl (C=O) groups excluding carboxylic acids is 2. The van der Waals surface area contributed by atoms with E-state index in [9.17, 15) is 14.4 Å². The lowest BCUT2D eigenvalue weighted by atomic mass is 9.97. The molecule has 1 aliphatic carbocycles. The highest BCUT2D eigenvalue weighted by Crippen LogP contribution is 2.31. The Kier molecular flexibility index (Phi) is 5.44. The van der Waals surface area contributed by atoms with Gasteiger partial charge >= 0.3 is 11.7 Å². The highest BCUT2D eigenvalue weighted by atomic mass is 16.5. The summed E-state index contributed by atoms with van der Waals surface area (Å²) in [4.78, 5) is 36.6. The van der Waals surface area contributed by atoms with Crippen molar-refractivity contribution < 1.29 is 18.7 Å². The first-order valence-electron chi connectivity index (χ1n) is 9.12. The van der Waals surface area contributed by atoms with Crippen molar-refractivity contribution in [2.75, 3.05) is 6.61 Å². The summed E-state index contributed by atoms with van der Waals surface area (Å²) in [7, 11) is 0. The number of fused-ring (bicyclic) bond motifs is 1. The monoisotopic (exact) mass is 360 g/mol. The number of rotatable bonds is 7. The molecule has 140 valence electrons. The van der Waals surface area contributed by atoms with Crippen LogP contribution in [0.4, 0.5) is 0 Å². The van der Waals surface area contributed by atoms with E-state index in [1.165, 1.54) is 4.57 Å². The van der Waals surface area contributed by atoms with Crippen LogP contribution in [0.25, 0.3) is 11.1 Å². The van der Waals surface area contributed by atoms with Crippen molar-refractivity contribution in [2.24, 2.45) is 0 Å². The molecule has 2 aromatic rings. The lowest BCUT2D eigenvalue weighted by Crippen LogP contribution is -2.53. The molecule has 1 aliphatic rings. The average Bonchev–Trinajstić information content (AvgIpc) is 3.21. The summed E-state index contributed by atoms with van der Waals surface area (Å²) in [5.41, 5.74) is 0.373. The predicted octanol–water partition coefficient (Wildman–Crippen LogP) is 2.37. The Balaban J connectivity index is 1.59. The number of nitrogens with zero attached hydrogens (tertiary/aromatic N) is 1. The van der Waals surface area contributed by atoms with Crippen molar-refractivity contribution in [1.29, 1.82) is 0 Å². The number of esters is 1. The predicted molar refractivity (Wildman–Crippen MR) is 95.7 cm³/mol. The molecule has 0 bridgehead atoms. The summed E-state index contributed by atoms with van der Waals surface area (Å²) < 4.78 is 11.9. The van der Waals surface area contributed by atoms with E-state index in [1.54, 1.807) is 19.1 Å². The minimum atomic E-state index is -0.883. The van der Waals surface area contributed by atoms with Crippen LogP contribution in [0.5, 0.6) is 0 Å². The van der Waals surface area contributed by atoms with E-state index in [-0.39, 0.29) is 18.3 Å². The minimum Gasteiger partial charge on any atom is -0.464 e. The Morgan fingerprint density at radius 2 is 2.00 bits per heavy atom. The van der Waals surface area contributed by atoms with Gasteiger partial charge < -0.3 is 14.5 Å². The third-order valence-corrected chi connectivity index (χ3v) is 4.86. The molecule has 0 atom stereocenters. The molecule has 1 aromatic carbocycles. The molecule has 1 heterocycles. The van der Waals surface area contributed by atoms with E-state index in [1.807, 2.05) is 12.1 Å². The van der Waals surface area contributed by atoms with Crippen molar-refractivity contribution in [3.8, 4) is 0 Å². The first-order chi connectivity index (χ1) is 12.6. The lowest BCUT2D eigenvalue weighted by Gasteiger charge is -2.27. The molecule has 0 saturated heterocycles. The number of hydrogen-bond acceptors (Lipinski definition) is 5. The highest BCUT2D eigenvalue weighted by Gasteiger charge is 2.43. The summed E-state index contributed by atoms with van der Waals surface area (Å²) in [6.45, 7) is 2.44. The second kappa shape index (κ2) is 7.76. The first-order valence-corrected chi connectivity index (χ1v) is 9.12. The molecule has 1 fully saturated rings. The fourth-order valence-electron chi connectivity index (χ4n) is 3.58. The second-order valence-electron chi connectivity index (χ2n) is 6.65. The van der Waals surface area contributed by atoms with Crippen molar-refractivity contribution in [3.63, 3.8) is 0 Å². The summed E-state index contributed by atoms with van der Waals surface area (Å²) in [6, 6.07) is 7.20. The molecule has 0 unspecified atom stereocenters. The smallest absolute Gasteiger partial charge is 0.419 e. The topological polar surface area (TPSA) is 90.5 Å². The van der Waals surface area contributed by atoms with Crippen LogP contribution >= 0.6 is 0 Å². The minimum absolute atomic E-state index is 0.194. The van der Waals surface area contributed by atoms with E-state index in [4.69, 9.17) is 9.15 Å². The SMILES string of the molecule is CCOC(=O)C1(NC(=O)CCCn2c(=O)oc3ccccc32)CCCC1. The maximum absolute atomic E-state index is 12.4. The summed E-state index contributed by atoms with van der Waals surface area (Å²) in [5.74, 6) is -0.964. The zero-order valence-corrected chi connectivity index (χ0v) is 15.0. The molecule has 1 amide bonds. The molecule has 3 rings (SSSR count). The number of hydrogen-bond donors (Lipinski definition) is 1. The molecule has 0 radical (unpaired) electrons. The standard InChI is InChI=1S/C19H24N2O5/c1-2-25-17(23)19(11-5-6-12-19)20-16(22)10-7-13-21-14-8-3-4-9-15(14)26-18(21)24/h3-4,8-9H,2,5-7,10-13H2,1H3,(H,20,22). The van der Waals surface area contributed by atoms with Crippen LogP contribution in [0.1, 0.15) is 45.4 Å². The number of carbonyl (C=O) groups is 2. The van der Waals surface area contributed by atoms with Gasteiger partial charge in [-0.2, -0.15) is 0 Å². The van der Waals surface area contributed by atoms with Gasteiger partial charge in [-0.1, -0.05) is 25.0 Å². The number of aryl methyl sites for hydroxylation is 1. The normalized spacial score (nSPS) is 15.9. The molecular weight excluding hydrogens is 336 g/mol. The maximum Gasteiger partial charge on any atom is 0.419 e. The van der Waals surface area contributed by atoms with Gasteiger partial charge in [0.2, 0.25) is 5.91 Å². The van der Waals surface area contributed by atoms with Gasteiger partial charge in [0.15, 0.2) is 5.58 Å². The molecule has 1 aromatic heterocycles. The van der Waals surface area contributed by atoms with Crippen molar-refractivity contribution in [2.45, 2.75) is 57.5 Å². The van der Waals surface area contributed by atoms with Gasteiger partial charge in [-0.15, -0.1) is 0 Å². The van der Waals surface area contributed by atoms with E-state index in [2.05, 4.69) is 5.32 Å². The van der Waals surface area contributed by atoms with Crippen LogP contribution in [-0.2, 0) is 20.9 Å². The number of benzene rings is 1. The van der Waals surface area contributed by atoms with Gasteiger partial charge in [-0.25, -0.2) is 9.59 Å². The third kappa shape index (κ3) is 3.66. The third-order valence-electron chi connectivity index (χ3n) is 4.86. The van der Waals surface area contributed by atoms with Gasteiger partial charge in [0.1, 0.15) is 5.54 Å². The molecule has 1 saturated carbocycles. The van der Waals surface area contributed by atoms with Gasteiger partial charge in [-0.05, 0) is 38.3 Å². The van der Waals surface area contributed by atoms with Crippen LogP contribution in [0.15, 0.2) is 33.5 Å². The molecule has 26 heavy (non-hydrogen) atoms. The zero-order valence-electron chi connectivity index (χ0n) is 15.0.